The van der Waals surface area contributed by atoms with Crippen LogP contribution in [-0.4, -0.2) is 29.6 Å². The molecule has 2 heterocycles. The normalized spacial score (nSPS) is 22.4. The third kappa shape index (κ3) is 2.84. The molecular formula is C16H24N4S. The van der Waals surface area contributed by atoms with Gasteiger partial charge in [-0.15, -0.1) is 11.3 Å². The minimum absolute atomic E-state index is 0.589. The van der Waals surface area contributed by atoms with E-state index < -0.39 is 0 Å². The van der Waals surface area contributed by atoms with Gasteiger partial charge in [0.15, 0.2) is 0 Å². The number of hydrogen-bond donors (Lipinski definition) is 1. The molecule has 114 valence electrons. The second-order valence-corrected chi connectivity index (χ2v) is 6.88. The van der Waals surface area contributed by atoms with Crippen molar-refractivity contribution in [2.45, 2.75) is 45.6 Å². The highest BCUT2D eigenvalue weighted by atomic mass is 32.1. The smallest absolute Gasteiger partial charge is 0.226 e. The number of nitrogens with zero attached hydrogens (tertiary/aromatic N) is 3. The summed E-state index contributed by atoms with van der Waals surface area (Å²) in [6, 6.07) is 2.74. The molecule has 4 nitrogen and oxygen atoms in total. The molecule has 21 heavy (non-hydrogen) atoms. The fourth-order valence-corrected chi connectivity index (χ4v) is 4.13. The number of aromatic nitrogens is 2. The minimum atomic E-state index is 0.589. The lowest BCUT2D eigenvalue weighted by molar-refractivity contribution is 0.321. The van der Waals surface area contributed by atoms with E-state index in [2.05, 4.69) is 47.5 Å². The lowest BCUT2D eigenvalue weighted by Crippen LogP contribution is -2.39. The van der Waals surface area contributed by atoms with Crippen molar-refractivity contribution in [3.63, 3.8) is 0 Å². The summed E-state index contributed by atoms with van der Waals surface area (Å²) in [6.45, 7) is 5.30. The van der Waals surface area contributed by atoms with Gasteiger partial charge in [0.2, 0.25) is 5.95 Å². The first-order chi connectivity index (χ1) is 10.2. The monoisotopic (exact) mass is 304 g/mol. The zero-order valence-electron chi connectivity index (χ0n) is 13.1. The molecule has 1 aliphatic carbocycles. The number of hydrogen-bond acceptors (Lipinski definition) is 5. The lowest BCUT2D eigenvalue weighted by Gasteiger charge is -2.37. The third-order valence-electron chi connectivity index (χ3n) is 4.54. The van der Waals surface area contributed by atoms with Gasteiger partial charge in [-0.05, 0) is 37.1 Å². The molecular weight excluding hydrogens is 280 g/mol. The quantitative estimate of drug-likeness (QED) is 0.921. The van der Waals surface area contributed by atoms with Crippen LogP contribution < -0.4 is 10.2 Å². The molecule has 1 fully saturated rings. The molecule has 2 unspecified atom stereocenters. The molecule has 2 aromatic heterocycles. The van der Waals surface area contributed by atoms with Crippen LogP contribution in [0.4, 0.5) is 11.8 Å². The number of thiophene rings is 1. The first-order valence-electron chi connectivity index (χ1n) is 7.92. The van der Waals surface area contributed by atoms with Gasteiger partial charge >= 0.3 is 0 Å². The van der Waals surface area contributed by atoms with Crippen LogP contribution in [0.3, 0.4) is 0 Å². The summed E-state index contributed by atoms with van der Waals surface area (Å²) in [6.07, 6.45) is 5.29. The third-order valence-corrected chi connectivity index (χ3v) is 5.34. The van der Waals surface area contributed by atoms with Gasteiger partial charge in [-0.25, -0.2) is 4.98 Å². The predicted octanol–water partition coefficient (Wildman–Crippen LogP) is 4.14. The van der Waals surface area contributed by atoms with Crippen molar-refractivity contribution in [1.29, 1.82) is 0 Å². The van der Waals surface area contributed by atoms with Gasteiger partial charge in [-0.3, -0.25) is 0 Å². The average Bonchev–Trinajstić information content (AvgIpc) is 2.95. The van der Waals surface area contributed by atoms with Gasteiger partial charge in [-0.1, -0.05) is 19.8 Å². The molecule has 0 radical (unpaired) electrons. The van der Waals surface area contributed by atoms with Crippen molar-refractivity contribution in [1.82, 2.24) is 9.97 Å². The fraction of sp³-hybridized carbons (Fsp3) is 0.625. The zero-order valence-corrected chi connectivity index (χ0v) is 13.9. The van der Waals surface area contributed by atoms with Crippen molar-refractivity contribution < 1.29 is 0 Å². The first-order valence-corrected chi connectivity index (χ1v) is 8.80. The van der Waals surface area contributed by atoms with Crippen LogP contribution in [0.2, 0.25) is 0 Å². The van der Waals surface area contributed by atoms with Crippen LogP contribution in [0, 0.1) is 5.92 Å². The fourth-order valence-electron chi connectivity index (χ4n) is 3.37. The highest BCUT2D eigenvalue weighted by Gasteiger charge is 2.27. The van der Waals surface area contributed by atoms with E-state index in [4.69, 9.17) is 4.98 Å². The summed E-state index contributed by atoms with van der Waals surface area (Å²) in [5.74, 6) is 2.56. The van der Waals surface area contributed by atoms with Gasteiger partial charge in [0, 0.05) is 19.6 Å². The summed E-state index contributed by atoms with van der Waals surface area (Å²) in [5, 5.41) is 6.55. The lowest BCUT2D eigenvalue weighted by atomic mass is 9.85. The molecule has 0 aliphatic heterocycles. The standard InChI is InChI=1S/C16H24N4S/c1-4-17-16-18-14(12-9-10-21-15(12)19-16)20(3)13-8-6-5-7-11(13)2/h9-11,13H,4-8H2,1-3H3,(H,17,18,19). The maximum atomic E-state index is 4.78. The molecule has 0 spiro atoms. The molecule has 1 N–H and O–H groups in total. The van der Waals surface area contributed by atoms with E-state index in [1.165, 1.54) is 31.1 Å². The van der Waals surface area contributed by atoms with Crippen molar-refractivity contribution >= 4 is 33.3 Å². The molecule has 1 saturated carbocycles. The average molecular weight is 304 g/mol. The SMILES string of the molecule is CCNc1nc(N(C)C2CCCCC2C)c2ccsc2n1. The molecule has 2 atom stereocenters. The predicted molar refractivity (Wildman–Crippen MR) is 91.4 cm³/mol. The van der Waals surface area contributed by atoms with Crippen molar-refractivity contribution in [2.75, 3.05) is 23.8 Å². The second-order valence-electron chi connectivity index (χ2n) is 5.98. The summed E-state index contributed by atoms with van der Waals surface area (Å²) >= 11 is 1.69. The van der Waals surface area contributed by atoms with Crippen molar-refractivity contribution in [3.8, 4) is 0 Å². The summed E-state index contributed by atoms with van der Waals surface area (Å²) in [7, 11) is 2.20. The molecule has 0 amide bonds. The first kappa shape index (κ1) is 14.6. The molecule has 0 bridgehead atoms. The summed E-state index contributed by atoms with van der Waals surface area (Å²) < 4.78 is 0. The Labute approximate surface area is 130 Å². The van der Waals surface area contributed by atoms with E-state index in [0.717, 1.165) is 29.1 Å². The summed E-state index contributed by atoms with van der Waals surface area (Å²) in [4.78, 5) is 12.9. The molecule has 0 saturated heterocycles. The molecule has 0 aromatic carbocycles. The van der Waals surface area contributed by atoms with Crippen LogP contribution in [0.5, 0.6) is 0 Å². The molecule has 1 aliphatic rings. The van der Waals surface area contributed by atoms with Gasteiger partial charge in [0.1, 0.15) is 10.6 Å². The van der Waals surface area contributed by atoms with E-state index >= 15 is 0 Å². The van der Waals surface area contributed by atoms with E-state index in [1.54, 1.807) is 11.3 Å². The van der Waals surface area contributed by atoms with Crippen molar-refractivity contribution in [3.05, 3.63) is 11.4 Å². The Bertz CT molecular complexity index is 609. The van der Waals surface area contributed by atoms with Crippen molar-refractivity contribution in [2.24, 2.45) is 5.92 Å². The Morgan fingerprint density at radius 3 is 2.90 bits per heavy atom. The Hall–Kier alpha value is -1.36. The van der Waals surface area contributed by atoms with E-state index in [1.807, 2.05) is 0 Å². The van der Waals surface area contributed by atoms with Crippen LogP contribution in [0.15, 0.2) is 11.4 Å². The summed E-state index contributed by atoms with van der Waals surface area (Å²) in [5.41, 5.74) is 0. The molecule has 3 rings (SSSR count). The van der Waals surface area contributed by atoms with Gasteiger partial charge < -0.3 is 10.2 Å². The van der Waals surface area contributed by atoms with Crippen LogP contribution in [0.25, 0.3) is 10.2 Å². The zero-order chi connectivity index (χ0) is 14.8. The largest absolute Gasteiger partial charge is 0.356 e. The van der Waals surface area contributed by atoms with E-state index in [-0.39, 0.29) is 0 Å². The van der Waals surface area contributed by atoms with Gasteiger partial charge in [-0.2, -0.15) is 4.98 Å². The molecule has 5 heteroatoms. The second kappa shape index (κ2) is 6.18. The minimum Gasteiger partial charge on any atom is -0.356 e. The number of fused-ring (bicyclic) bond motifs is 1. The van der Waals surface area contributed by atoms with E-state index in [0.29, 0.717) is 6.04 Å². The topological polar surface area (TPSA) is 41.1 Å². The highest BCUT2D eigenvalue weighted by Crippen LogP contribution is 2.34. The number of nitrogens with one attached hydrogen (secondary N) is 1. The highest BCUT2D eigenvalue weighted by molar-refractivity contribution is 7.16. The Morgan fingerprint density at radius 2 is 2.14 bits per heavy atom. The Kier molecular flexibility index (Phi) is 4.29. The van der Waals surface area contributed by atoms with Crippen LogP contribution in [0.1, 0.15) is 39.5 Å². The molecule has 2 aromatic rings. The van der Waals surface area contributed by atoms with Crippen LogP contribution in [-0.2, 0) is 0 Å². The van der Waals surface area contributed by atoms with Gasteiger partial charge in [0.05, 0.1) is 5.39 Å². The van der Waals surface area contributed by atoms with Crippen LogP contribution >= 0.6 is 11.3 Å². The Balaban J connectivity index is 1.99. The maximum absolute atomic E-state index is 4.78. The number of rotatable bonds is 4. The maximum Gasteiger partial charge on any atom is 0.226 e. The Morgan fingerprint density at radius 1 is 1.33 bits per heavy atom. The van der Waals surface area contributed by atoms with Gasteiger partial charge in [0.25, 0.3) is 0 Å². The van der Waals surface area contributed by atoms with E-state index in [9.17, 15) is 0 Å². The number of anilines is 2.